The van der Waals surface area contributed by atoms with E-state index in [4.69, 9.17) is 0 Å². The summed E-state index contributed by atoms with van der Waals surface area (Å²) in [5, 5.41) is 0. The molecule has 0 unspecified atom stereocenters. The minimum absolute atomic E-state index is 1.26. The molecule has 0 radical (unpaired) electrons. The fourth-order valence-corrected chi connectivity index (χ4v) is 0.854. The third-order valence-electron chi connectivity index (χ3n) is 1.95. The second-order valence-corrected chi connectivity index (χ2v) is 3.28. The molecule has 1 heterocycles. The average molecular weight is 246 g/mol. The topological polar surface area (TPSA) is 25.2 Å². The maximum Gasteiger partial charge on any atom is 0.0299 e. The van der Waals surface area contributed by atoms with E-state index in [-0.39, 0.29) is 0 Å². The highest BCUT2D eigenvalue weighted by Crippen LogP contribution is 2.00. The van der Waals surface area contributed by atoms with Crippen molar-refractivity contribution in [1.29, 1.82) is 0 Å². The van der Waals surface area contributed by atoms with E-state index in [2.05, 4.69) is 23.8 Å². The lowest BCUT2D eigenvalue weighted by Crippen LogP contribution is -1.78. The molecule has 2 nitrogen and oxygen atoms in total. The van der Waals surface area contributed by atoms with E-state index < -0.39 is 0 Å². The fraction of sp³-hybridized carbons (Fsp3) is 0.375. The maximum absolute atomic E-state index is 3.95. The molecule has 18 heavy (non-hydrogen) atoms. The Kier molecular flexibility index (Phi) is 15.9. The number of rotatable bonds is 2. The van der Waals surface area contributed by atoms with Crippen molar-refractivity contribution in [1.82, 2.24) is 4.98 Å². The number of allylic oxidation sites excluding steroid dienone is 4. The van der Waals surface area contributed by atoms with Crippen LogP contribution in [-0.4, -0.2) is 18.2 Å². The molecule has 1 aromatic heterocycles. The Morgan fingerprint density at radius 2 is 1.72 bits per heavy atom. The molecule has 1 aromatic rings. The van der Waals surface area contributed by atoms with E-state index in [1.165, 1.54) is 11.1 Å². The Morgan fingerprint density at radius 3 is 2.11 bits per heavy atom. The van der Waals surface area contributed by atoms with Crippen LogP contribution in [0.15, 0.2) is 47.8 Å². The van der Waals surface area contributed by atoms with Crippen LogP contribution >= 0.6 is 0 Å². The van der Waals surface area contributed by atoms with Crippen LogP contribution in [0, 0.1) is 13.8 Å². The van der Waals surface area contributed by atoms with Crippen LogP contribution in [0.3, 0.4) is 0 Å². The summed E-state index contributed by atoms with van der Waals surface area (Å²) in [5.41, 5.74) is 2.56. The van der Waals surface area contributed by atoms with Crippen LogP contribution in [-0.2, 0) is 0 Å². The monoisotopic (exact) mass is 246 g/mol. The van der Waals surface area contributed by atoms with Crippen molar-refractivity contribution in [2.75, 3.05) is 7.05 Å². The van der Waals surface area contributed by atoms with Gasteiger partial charge in [0.05, 0.1) is 0 Å². The van der Waals surface area contributed by atoms with Gasteiger partial charge >= 0.3 is 0 Å². The van der Waals surface area contributed by atoms with Gasteiger partial charge in [-0.2, -0.15) is 0 Å². The van der Waals surface area contributed by atoms with Crippen molar-refractivity contribution in [3.05, 3.63) is 53.9 Å². The largest absolute Gasteiger partial charge is 0.297 e. The van der Waals surface area contributed by atoms with Crippen LogP contribution in [0.4, 0.5) is 0 Å². The molecule has 0 amide bonds. The van der Waals surface area contributed by atoms with E-state index in [1.807, 2.05) is 63.5 Å². The zero-order valence-electron chi connectivity index (χ0n) is 12.5. The Hall–Kier alpha value is -1.70. The Bertz CT molecular complexity index is 328. The van der Waals surface area contributed by atoms with Gasteiger partial charge in [-0.15, -0.1) is 0 Å². The fourth-order valence-electron chi connectivity index (χ4n) is 0.854. The Morgan fingerprint density at radius 1 is 1.06 bits per heavy atom. The third-order valence-corrected chi connectivity index (χ3v) is 1.95. The van der Waals surface area contributed by atoms with Gasteiger partial charge in [-0.3, -0.25) is 9.98 Å². The van der Waals surface area contributed by atoms with Crippen molar-refractivity contribution >= 4 is 6.21 Å². The van der Waals surface area contributed by atoms with Gasteiger partial charge in [-0.25, -0.2) is 0 Å². The van der Waals surface area contributed by atoms with Crippen molar-refractivity contribution in [2.24, 2.45) is 4.99 Å². The van der Waals surface area contributed by atoms with E-state index in [9.17, 15) is 0 Å². The summed E-state index contributed by atoms with van der Waals surface area (Å²) in [5.74, 6) is 0. The molecule has 0 spiro atoms. The van der Waals surface area contributed by atoms with Gasteiger partial charge in [-0.05, 0) is 44.0 Å². The summed E-state index contributed by atoms with van der Waals surface area (Å²) in [6, 6.07) is 2.01. The summed E-state index contributed by atoms with van der Waals surface area (Å²) < 4.78 is 0. The second-order valence-electron chi connectivity index (χ2n) is 3.28. The Labute approximate surface area is 112 Å². The highest BCUT2D eigenvalue weighted by Gasteiger charge is 1.85. The lowest BCUT2D eigenvalue weighted by atomic mass is 10.2. The van der Waals surface area contributed by atoms with Crippen molar-refractivity contribution < 1.29 is 0 Å². The van der Waals surface area contributed by atoms with Gasteiger partial charge in [-0.1, -0.05) is 32.1 Å². The number of pyridine rings is 1. The number of nitrogens with zero attached hydrogens (tertiary/aromatic N) is 2. The molecule has 0 saturated carbocycles. The van der Waals surface area contributed by atoms with Gasteiger partial charge < -0.3 is 0 Å². The van der Waals surface area contributed by atoms with Crippen molar-refractivity contribution in [3.8, 4) is 0 Å². The molecule has 100 valence electrons. The van der Waals surface area contributed by atoms with E-state index >= 15 is 0 Å². The van der Waals surface area contributed by atoms with Crippen molar-refractivity contribution in [3.63, 3.8) is 0 Å². The van der Waals surface area contributed by atoms with Crippen LogP contribution in [0.1, 0.15) is 31.9 Å². The number of hydrogen-bond acceptors (Lipinski definition) is 2. The summed E-state index contributed by atoms with van der Waals surface area (Å²) >= 11 is 0. The standard InChI is InChI=1S/C7H9N.C7H11N.C2H6/c1-6-3-4-8-5-7(6)2;1-3-4-5-6-7-8-2;1-2/h3-5H,1-2H3;3-7H,1-2H3;1-2H3/b;4-3+,6-5-,8-7?;. The molecule has 0 aliphatic carbocycles. The number of aromatic nitrogens is 1. The first-order valence-electron chi connectivity index (χ1n) is 6.29. The number of aliphatic imine (C=N–C) groups is 1. The molecule has 0 aliphatic rings. The molecular formula is C16H26N2. The third kappa shape index (κ3) is 12.4. The first-order valence-corrected chi connectivity index (χ1v) is 6.29. The maximum atomic E-state index is 3.95. The summed E-state index contributed by atoms with van der Waals surface area (Å²) in [4.78, 5) is 7.71. The number of aryl methyl sites for hydroxylation is 2. The molecule has 0 N–H and O–H groups in total. The zero-order chi connectivity index (χ0) is 14.2. The molecule has 0 atom stereocenters. The van der Waals surface area contributed by atoms with E-state index in [1.54, 1.807) is 13.3 Å². The summed E-state index contributed by atoms with van der Waals surface area (Å²) in [6.45, 7) is 10.1. The number of hydrogen-bond donors (Lipinski definition) is 0. The van der Waals surface area contributed by atoms with Gasteiger partial charge in [0, 0.05) is 25.7 Å². The average Bonchev–Trinajstić information content (AvgIpc) is 2.41. The predicted molar refractivity (Wildman–Crippen MR) is 83.4 cm³/mol. The minimum Gasteiger partial charge on any atom is -0.297 e. The first-order chi connectivity index (χ1) is 8.72. The van der Waals surface area contributed by atoms with Crippen LogP contribution in [0.2, 0.25) is 0 Å². The van der Waals surface area contributed by atoms with Gasteiger partial charge in [0.1, 0.15) is 0 Å². The lowest BCUT2D eigenvalue weighted by Gasteiger charge is -1.92. The SMILES string of the molecule is C/C=C/C=C\C=NC.CC.Cc1ccncc1C. The van der Waals surface area contributed by atoms with Crippen molar-refractivity contribution in [2.45, 2.75) is 34.6 Å². The first kappa shape index (κ1) is 18.7. The summed E-state index contributed by atoms with van der Waals surface area (Å²) in [6.07, 6.45) is 13.2. The van der Waals surface area contributed by atoms with Crippen LogP contribution in [0.25, 0.3) is 0 Å². The lowest BCUT2D eigenvalue weighted by molar-refractivity contribution is 1.22. The highest BCUT2D eigenvalue weighted by molar-refractivity contribution is 5.71. The Balaban J connectivity index is 0. The van der Waals surface area contributed by atoms with Crippen LogP contribution < -0.4 is 0 Å². The molecule has 0 aromatic carbocycles. The zero-order valence-corrected chi connectivity index (χ0v) is 12.5. The smallest absolute Gasteiger partial charge is 0.0299 e. The summed E-state index contributed by atoms with van der Waals surface area (Å²) in [7, 11) is 1.75. The quantitative estimate of drug-likeness (QED) is 0.555. The molecule has 1 rings (SSSR count). The molecule has 0 fully saturated rings. The second kappa shape index (κ2) is 15.3. The molecule has 0 saturated heterocycles. The molecule has 0 bridgehead atoms. The minimum atomic E-state index is 1.26. The molecule has 2 heteroatoms. The molecule has 0 aliphatic heterocycles. The van der Waals surface area contributed by atoms with E-state index in [0.29, 0.717) is 0 Å². The van der Waals surface area contributed by atoms with Gasteiger partial charge in [0.15, 0.2) is 0 Å². The van der Waals surface area contributed by atoms with Gasteiger partial charge in [0.25, 0.3) is 0 Å². The van der Waals surface area contributed by atoms with Crippen LogP contribution in [0.5, 0.6) is 0 Å². The van der Waals surface area contributed by atoms with E-state index in [0.717, 1.165) is 0 Å². The van der Waals surface area contributed by atoms with Gasteiger partial charge in [0.2, 0.25) is 0 Å². The normalized spacial score (nSPS) is 10.1. The highest BCUT2D eigenvalue weighted by atomic mass is 14.6. The molecular weight excluding hydrogens is 220 g/mol. The predicted octanol–water partition coefficient (Wildman–Crippen LogP) is 4.54.